The first-order valence-electron chi connectivity index (χ1n) is 11.2. The summed E-state index contributed by atoms with van der Waals surface area (Å²) in [4.78, 5) is 41.4. The molecule has 3 aromatic rings. The smallest absolute Gasteiger partial charge is 0.355 e. The Kier molecular flexibility index (Phi) is 7.99. The van der Waals surface area contributed by atoms with Gasteiger partial charge in [-0.05, 0) is 76.6 Å². The molecule has 0 unspecified atom stereocenters. The van der Waals surface area contributed by atoms with E-state index in [-0.39, 0.29) is 24.8 Å². The molecule has 3 rings (SSSR count). The fourth-order valence-electron chi connectivity index (χ4n) is 4.18. The number of hydrogen-bond donors (Lipinski definition) is 0. The molecule has 0 fully saturated rings. The first-order valence-corrected chi connectivity index (χ1v) is 11.6. The van der Waals surface area contributed by atoms with Crippen LogP contribution in [-0.4, -0.2) is 39.8 Å². The zero-order valence-corrected chi connectivity index (χ0v) is 20.8. The largest absolute Gasteiger partial charge is 0.467 e. The highest BCUT2D eigenvalue weighted by atomic mass is 35.5. The van der Waals surface area contributed by atoms with E-state index in [1.807, 2.05) is 6.92 Å². The van der Waals surface area contributed by atoms with Gasteiger partial charge in [0, 0.05) is 28.4 Å². The predicted molar refractivity (Wildman–Crippen MR) is 129 cm³/mol. The standard InChI is InChI=1S/C26H29ClN2O5/c1-6-28-17(4)22(16(3)23(28)26(32)33-7-2)24(30)18(5)29(15-21-9-8-14-34-21)25(31)19-10-12-20(27)13-11-19/h8-14,18H,6-7,15H2,1-5H3/t18-/m0/s1. The quantitative estimate of drug-likeness (QED) is 0.297. The van der Waals surface area contributed by atoms with E-state index in [0.29, 0.717) is 45.4 Å². The molecule has 2 aromatic heterocycles. The Hall–Kier alpha value is -3.32. The second-order valence-corrected chi connectivity index (χ2v) is 8.39. The number of ketones is 1. The van der Waals surface area contributed by atoms with Gasteiger partial charge in [-0.25, -0.2) is 4.79 Å². The maximum absolute atomic E-state index is 13.8. The van der Waals surface area contributed by atoms with E-state index in [1.165, 1.54) is 11.2 Å². The molecule has 1 aromatic carbocycles. The number of hydrogen-bond acceptors (Lipinski definition) is 5. The van der Waals surface area contributed by atoms with Crippen molar-refractivity contribution in [1.29, 1.82) is 0 Å². The van der Waals surface area contributed by atoms with Gasteiger partial charge in [-0.3, -0.25) is 9.59 Å². The van der Waals surface area contributed by atoms with E-state index in [1.54, 1.807) is 68.7 Å². The molecule has 0 aliphatic rings. The van der Waals surface area contributed by atoms with Gasteiger partial charge in [-0.2, -0.15) is 0 Å². The highest BCUT2D eigenvalue weighted by molar-refractivity contribution is 6.30. The summed E-state index contributed by atoms with van der Waals surface area (Å²) in [6.45, 7) is 9.72. The Morgan fingerprint density at radius 3 is 2.35 bits per heavy atom. The van der Waals surface area contributed by atoms with Crippen LogP contribution in [0, 0.1) is 13.8 Å². The molecule has 2 heterocycles. The molecule has 8 heteroatoms. The lowest BCUT2D eigenvalue weighted by Gasteiger charge is -2.28. The minimum atomic E-state index is -0.826. The van der Waals surface area contributed by atoms with Crippen molar-refractivity contribution >= 4 is 29.3 Å². The summed E-state index contributed by atoms with van der Waals surface area (Å²) in [6.07, 6.45) is 1.52. The number of benzene rings is 1. The van der Waals surface area contributed by atoms with Crippen molar-refractivity contribution in [2.45, 2.75) is 53.8 Å². The van der Waals surface area contributed by atoms with Crippen LogP contribution >= 0.6 is 11.6 Å². The molecule has 180 valence electrons. The molecule has 1 amide bonds. The van der Waals surface area contributed by atoms with Crippen molar-refractivity contribution in [3.05, 3.63) is 81.5 Å². The van der Waals surface area contributed by atoms with Crippen LogP contribution in [0.2, 0.25) is 5.02 Å². The average Bonchev–Trinajstić information content (AvgIpc) is 3.42. The zero-order valence-electron chi connectivity index (χ0n) is 20.1. The molecule has 0 aliphatic carbocycles. The fourth-order valence-corrected chi connectivity index (χ4v) is 4.31. The number of furan rings is 1. The van der Waals surface area contributed by atoms with Crippen LogP contribution in [0.1, 0.15) is 69.0 Å². The van der Waals surface area contributed by atoms with Crippen LogP contribution in [-0.2, 0) is 17.8 Å². The van der Waals surface area contributed by atoms with E-state index in [4.69, 9.17) is 20.8 Å². The lowest BCUT2D eigenvalue weighted by molar-refractivity contribution is 0.0512. The Bertz CT molecular complexity index is 1180. The molecule has 0 bridgehead atoms. The number of carbonyl (C=O) groups is 3. The summed E-state index contributed by atoms with van der Waals surface area (Å²) in [7, 11) is 0. The lowest BCUT2D eigenvalue weighted by Crippen LogP contribution is -2.43. The molecule has 0 N–H and O–H groups in total. The second kappa shape index (κ2) is 10.7. The number of amides is 1. The van der Waals surface area contributed by atoms with Gasteiger partial charge in [-0.1, -0.05) is 11.6 Å². The third-order valence-corrected chi connectivity index (χ3v) is 6.16. The van der Waals surface area contributed by atoms with E-state index < -0.39 is 12.0 Å². The second-order valence-electron chi connectivity index (χ2n) is 7.96. The molecule has 1 atom stereocenters. The number of Topliss-reactive ketones (excluding diaryl/α,β-unsaturated/α-hetero) is 1. The van der Waals surface area contributed by atoms with E-state index in [0.717, 1.165) is 0 Å². The number of halogens is 1. The predicted octanol–water partition coefficient (Wildman–Crippen LogP) is 5.46. The van der Waals surface area contributed by atoms with E-state index >= 15 is 0 Å². The van der Waals surface area contributed by atoms with Gasteiger partial charge in [0.15, 0.2) is 5.78 Å². The van der Waals surface area contributed by atoms with Gasteiger partial charge in [0.25, 0.3) is 5.91 Å². The van der Waals surface area contributed by atoms with Crippen molar-refractivity contribution in [2.24, 2.45) is 0 Å². The van der Waals surface area contributed by atoms with Crippen molar-refractivity contribution in [2.75, 3.05) is 6.61 Å². The molecular weight excluding hydrogens is 456 g/mol. The number of carbonyl (C=O) groups excluding carboxylic acids is 3. The summed E-state index contributed by atoms with van der Waals surface area (Å²) >= 11 is 5.98. The zero-order chi connectivity index (χ0) is 25.0. The van der Waals surface area contributed by atoms with Crippen LogP contribution in [0.3, 0.4) is 0 Å². The Morgan fingerprint density at radius 2 is 1.79 bits per heavy atom. The maximum atomic E-state index is 13.8. The van der Waals surface area contributed by atoms with E-state index in [9.17, 15) is 14.4 Å². The van der Waals surface area contributed by atoms with Crippen LogP contribution < -0.4 is 0 Å². The van der Waals surface area contributed by atoms with Gasteiger partial charge in [0.05, 0.1) is 25.5 Å². The van der Waals surface area contributed by atoms with Gasteiger partial charge < -0.3 is 18.6 Å². The van der Waals surface area contributed by atoms with Crippen LogP contribution in [0.15, 0.2) is 47.1 Å². The molecule has 0 saturated carbocycles. The molecule has 34 heavy (non-hydrogen) atoms. The van der Waals surface area contributed by atoms with Gasteiger partial charge in [-0.15, -0.1) is 0 Å². The van der Waals surface area contributed by atoms with Crippen molar-refractivity contribution in [1.82, 2.24) is 9.47 Å². The molecule has 0 spiro atoms. The van der Waals surface area contributed by atoms with E-state index in [2.05, 4.69) is 0 Å². The first-order chi connectivity index (χ1) is 16.2. The van der Waals surface area contributed by atoms with Crippen LogP contribution in [0.5, 0.6) is 0 Å². The maximum Gasteiger partial charge on any atom is 0.355 e. The minimum absolute atomic E-state index is 0.110. The number of esters is 1. The van der Waals surface area contributed by atoms with Crippen LogP contribution in [0.25, 0.3) is 0 Å². The van der Waals surface area contributed by atoms with Crippen molar-refractivity contribution < 1.29 is 23.5 Å². The fraction of sp³-hybridized carbons (Fsp3) is 0.346. The summed E-state index contributed by atoms with van der Waals surface area (Å²) in [5.41, 5.74) is 2.40. The molecular formula is C26H29ClN2O5. The highest BCUT2D eigenvalue weighted by Crippen LogP contribution is 2.27. The first kappa shape index (κ1) is 25.3. The molecule has 7 nitrogen and oxygen atoms in total. The Labute approximate surface area is 204 Å². The van der Waals surface area contributed by atoms with Gasteiger partial charge >= 0.3 is 5.97 Å². The van der Waals surface area contributed by atoms with Crippen molar-refractivity contribution in [3.63, 3.8) is 0 Å². The lowest BCUT2D eigenvalue weighted by atomic mass is 9.99. The summed E-state index contributed by atoms with van der Waals surface area (Å²) in [5, 5.41) is 0.511. The SMILES string of the molecule is CCOC(=O)c1c(C)c(C(=O)[C@H](C)N(Cc2ccco2)C(=O)c2ccc(Cl)cc2)c(C)n1CC. The minimum Gasteiger partial charge on any atom is -0.467 e. The third-order valence-electron chi connectivity index (χ3n) is 5.90. The van der Waals surface area contributed by atoms with Crippen LogP contribution in [0.4, 0.5) is 0 Å². The summed E-state index contributed by atoms with van der Waals surface area (Å²) in [5.74, 6) is -0.513. The normalized spacial score (nSPS) is 11.8. The van der Waals surface area contributed by atoms with Crippen molar-refractivity contribution in [3.8, 4) is 0 Å². The average molecular weight is 485 g/mol. The number of aromatic nitrogens is 1. The summed E-state index contributed by atoms with van der Waals surface area (Å²) in [6, 6.07) is 9.17. The third kappa shape index (κ3) is 4.94. The van der Waals surface area contributed by atoms with Gasteiger partial charge in [0.1, 0.15) is 11.5 Å². The topological polar surface area (TPSA) is 81.8 Å². The molecule has 0 aliphatic heterocycles. The Morgan fingerprint density at radius 1 is 1.12 bits per heavy atom. The number of rotatable bonds is 9. The Balaban J connectivity index is 2.03. The molecule has 0 radical (unpaired) electrons. The number of nitrogens with zero attached hydrogens (tertiary/aromatic N) is 2. The summed E-state index contributed by atoms with van der Waals surface area (Å²) < 4.78 is 12.5. The monoisotopic (exact) mass is 484 g/mol. The molecule has 0 saturated heterocycles. The van der Waals surface area contributed by atoms with Gasteiger partial charge in [0.2, 0.25) is 0 Å². The number of ether oxygens (including phenoxy) is 1. The highest BCUT2D eigenvalue weighted by Gasteiger charge is 2.33.